The van der Waals surface area contributed by atoms with Gasteiger partial charge in [-0.2, -0.15) is 0 Å². The first-order chi connectivity index (χ1) is 17.8. The molecule has 1 fully saturated rings. The molecule has 0 spiro atoms. The molecule has 2 aromatic heterocycles. The van der Waals surface area contributed by atoms with E-state index >= 15 is 0 Å². The molecule has 1 aliphatic heterocycles. The standard InChI is InChI=1S/C32H27BN2O2/c1-31(2)32(3,4)37-33(36-31)24-11-14-26-23(19-24)8-7-21-18-22(10-12-25(21)26)27-15-17-35-30-28(27)13-9-20-6-5-16-34-29(20)30/h5-19H,1-4H3. The van der Waals surface area contributed by atoms with E-state index in [4.69, 9.17) is 9.31 Å². The van der Waals surface area contributed by atoms with E-state index in [0.717, 1.165) is 32.8 Å². The number of rotatable bonds is 2. The van der Waals surface area contributed by atoms with Crippen molar-refractivity contribution in [1.82, 2.24) is 9.97 Å². The molecule has 0 N–H and O–H groups in total. The molecule has 180 valence electrons. The van der Waals surface area contributed by atoms with Crippen LogP contribution in [0.1, 0.15) is 27.7 Å². The van der Waals surface area contributed by atoms with Gasteiger partial charge in [-0.15, -0.1) is 0 Å². The predicted molar refractivity (Wildman–Crippen MR) is 153 cm³/mol. The van der Waals surface area contributed by atoms with Gasteiger partial charge >= 0.3 is 7.12 Å². The average molecular weight is 482 g/mol. The van der Waals surface area contributed by atoms with Crippen LogP contribution in [-0.4, -0.2) is 28.3 Å². The summed E-state index contributed by atoms with van der Waals surface area (Å²) < 4.78 is 12.6. The quantitative estimate of drug-likeness (QED) is 0.196. The molecule has 0 unspecified atom stereocenters. The van der Waals surface area contributed by atoms with Crippen LogP contribution in [0.4, 0.5) is 0 Å². The molecule has 37 heavy (non-hydrogen) atoms. The van der Waals surface area contributed by atoms with E-state index in [1.807, 2.05) is 18.5 Å². The maximum absolute atomic E-state index is 6.28. The van der Waals surface area contributed by atoms with Crippen molar-refractivity contribution < 1.29 is 9.31 Å². The first-order valence-corrected chi connectivity index (χ1v) is 12.8. The van der Waals surface area contributed by atoms with Crippen LogP contribution in [0.5, 0.6) is 0 Å². The predicted octanol–water partition coefficient (Wildman–Crippen LogP) is 7.06. The first-order valence-electron chi connectivity index (χ1n) is 12.8. The van der Waals surface area contributed by atoms with E-state index in [1.54, 1.807) is 0 Å². The van der Waals surface area contributed by atoms with Crippen LogP contribution in [0.25, 0.3) is 54.5 Å². The molecule has 3 heterocycles. The number of benzene rings is 4. The number of pyridine rings is 2. The van der Waals surface area contributed by atoms with E-state index < -0.39 is 0 Å². The van der Waals surface area contributed by atoms with Crippen molar-refractivity contribution in [2.45, 2.75) is 38.9 Å². The highest BCUT2D eigenvalue weighted by Crippen LogP contribution is 2.37. The third-order valence-corrected chi connectivity index (χ3v) is 8.18. The molecule has 0 atom stereocenters. The molecule has 4 nitrogen and oxygen atoms in total. The normalized spacial score (nSPS) is 16.8. The van der Waals surface area contributed by atoms with Crippen LogP contribution >= 0.6 is 0 Å². The van der Waals surface area contributed by atoms with Gasteiger partial charge in [0, 0.05) is 23.2 Å². The van der Waals surface area contributed by atoms with Gasteiger partial charge in [0.05, 0.1) is 22.2 Å². The summed E-state index contributed by atoms with van der Waals surface area (Å²) in [5.41, 5.74) is 4.54. The van der Waals surface area contributed by atoms with Crippen molar-refractivity contribution in [3.63, 3.8) is 0 Å². The van der Waals surface area contributed by atoms with Crippen molar-refractivity contribution in [1.29, 1.82) is 0 Å². The van der Waals surface area contributed by atoms with Crippen molar-refractivity contribution in [3.8, 4) is 11.1 Å². The fraction of sp³-hybridized carbons (Fsp3) is 0.188. The number of aromatic nitrogens is 2. The topological polar surface area (TPSA) is 44.2 Å². The third kappa shape index (κ3) is 3.46. The zero-order valence-corrected chi connectivity index (χ0v) is 21.4. The van der Waals surface area contributed by atoms with Gasteiger partial charge < -0.3 is 9.31 Å². The van der Waals surface area contributed by atoms with E-state index in [2.05, 4.69) is 110 Å². The Morgan fingerprint density at radius 1 is 0.595 bits per heavy atom. The van der Waals surface area contributed by atoms with Crippen molar-refractivity contribution in [2.24, 2.45) is 0 Å². The Bertz CT molecular complexity index is 1850. The lowest BCUT2D eigenvalue weighted by Crippen LogP contribution is -2.41. The van der Waals surface area contributed by atoms with Crippen LogP contribution in [0.15, 0.2) is 91.3 Å². The Labute approximate surface area is 216 Å². The fourth-order valence-corrected chi connectivity index (χ4v) is 5.39. The molecule has 0 saturated carbocycles. The van der Waals surface area contributed by atoms with E-state index in [0.29, 0.717) is 0 Å². The van der Waals surface area contributed by atoms with Gasteiger partial charge in [-0.05, 0) is 84.0 Å². The minimum Gasteiger partial charge on any atom is -0.399 e. The third-order valence-electron chi connectivity index (χ3n) is 8.18. The summed E-state index contributed by atoms with van der Waals surface area (Å²) in [6.07, 6.45) is 3.71. The number of fused-ring (bicyclic) bond motifs is 6. The van der Waals surface area contributed by atoms with Crippen molar-refractivity contribution in [2.75, 3.05) is 0 Å². The van der Waals surface area contributed by atoms with Crippen LogP contribution in [0.3, 0.4) is 0 Å². The largest absolute Gasteiger partial charge is 0.494 e. The second kappa shape index (κ2) is 7.85. The van der Waals surface area contributed by atoms with E-state index in [9.17, 15) is 0 Å². The average Bonchev–Trinajstić information content (AvgIpc) is 3.13. The highest BCUT2D eigenvalue weighted by atomic mass is 16.7. The lowest BCUT2D eigenvalue weighted by Gasteiger charge is -2.32. The van der Waals surface area contributed by atoms with Gasteiger partial charge in [0.1, 0.15) is 0 Å². The van der Waals surface area contributed by atoms with Gasteiger partial charge in [0.25, 0.3) is 0 Å². The highest BCUT2D eigenvalue weighted by molar-refractivity contribution is 6.62. The Balaban J connectivity index is 1.31. The summed E-state index contributed by atoms with van der Waals surface area (Å²) >= 11 is 0. The first kappa shape index (κ1) is 22.4. The summed E-state index contributed by atoms with van der Waals surface area (Å²) in [4.78, 5) is 9.27. The maximum atomic E-state index is 6.28. The Kier molecular flexibility index (Phi) is 4.75. The van der Waals surface area contributed by atoms with Crippen LogP contribution in [0, 0.1) is 0 Å². The summed E-state index contributed by atoms with van der Waals surface area (Å²) in [5.74, 6) is 0. The Morgan fingerprint density at radius 2 is 1.24 bits per heavy atom. The highest BCUT2D eigenvalue weighted by Gasteiger charge is 2.51. The van der Waals surface area contributed by atoms with Gasteiger partial charge in [0.2, 0.25) is 0 Å². The lowest BCUT2D eigenvalue weighted by molar-refractivity contribution is 0.00578. The molecule has 0 aliphatic carbocycles. The van der Waals surface area contributed by atoms with Crippen LogP contribution in [0.2, 0.25) is 0 Å². The molecular formula is C32H27BN2O2. The molecule has 1 aliphatic rings. The molecule has 6 aromatic rings. The number of hydrogen-bond acceptors (Lipinski definition) is 4. The van der Waals surface area contributed by atoms with Gasteiger partial charge in [-0.1, -0.05) is 60.7 Å². The summed E-state index contributed by atoms with van der Waals surface area (Å²) in [6.45, 7) is 8.35. The molecule has 7 rings (SSSR count). The van der Waals surface area contributed by atoms with Crippen LogP contribution < -0.4 is 5.46 Å². The summed E-state index contributed by atoms with van der Waals surface area (Å²) in [5, 5.41) is 7.05. The smallest absolute Gasteiger partial charge is 0.399 e. The van der Waals surface area contributed by atoms with E-state index in [-0.39, 0.29) is 18.3 Å². The monoisotopic (exact) mass is 482 g/mol. The fourth-order valence-electron chi connectivity index (χ4n) is 5.39. The second-order valence-electron chi connectivity index (χ2n) is 11.0. The Morgan fingerprint density at radius 3 is 2.03 bits per heavy atom. The lowest BCUT2D eigenvalue weighted by atomic mass is 9.78. The van der Waals surface area contributed by atoms with Crippen molar-refractivity contribution in [3.05, 3.63) is 91.3 Å². The maximum Gasteiger partial charge on any atom is 0.494 e. The summed E-state index contributed by atoms with van der Waals surface area (Å²) in [6, 6.07) is 28.0. The van der Waals surface area contributed by atoms with Gasteiger partial charge in [-0.3, -0.25) is 9.97 Å². The van der Waals surface area contributed by atoms with E-state index in [1.165, 1.54) is 27.1 Å². The molecular weight excluding hydrogens is 455 g/mol. The van der Waals surface area contributed by atoms with Crippen LogP contribution in [-0.2, 0) is 9.31 Å². The van der Waals surface area contributed by atoms with Gasteiger partial charge in [-0.25, -0.2) is 0 Å². The minimum absolute atomic E-state index is 0.355. The Hall–Kier alpha value is -3.80. The molecule has 0 bridgehead atoms. The second-order valence-corrected chi connectivity index (χ2v) is 11.0. The molecule has 4 aromatic carbocycles. The summed E-state index contributed by atoms with van der Waals surface area (Å²) in [7, 11) is -0.363. The molecule has 0 radical (unpaired) electrons. The minimum atomic E-state index is -0.363. The molecule has 0 amide bonds. The van der Waals surface area contributed by atoms with Crippen molar-refractivity contribution >= 4 is 55.9 Å². The zero-order valence-electron chi connectivity index (χ0n) is 21.4. The zero-order chi connectivity index (χ0) is 25.4. The number of nitrogens with zero attached hydrogens (tertiary/aromatic N) is 2. The van der Waals surface area contributed by atoms with Gasteiger partial charge in [0.15, 0.2) is 0 Å². The number of hydrogen-bond donors (Lipinski definition) is 0. The molecule has 5 heteroatoms. The molecule has 1 saturated heterocycles. The SMILES string of the molecule is CC1(C)OB(c2ccc3c(ccc4cc(-c5ccnc6c5ccc5cccnc56)ccc43)c2)OC1(C)C.